The Bertz CT molecular complexity index is 1310. The van der Waals surface area contributed by atoms with Gasteiger partial charge in [0.2, 0.25) is 11.8 Å². The maximum absolute atomic E-state index is 13.4. The van der Waals surface area contributed by atoms with Crippen molar-refractivity contribution in [2.24, 2.45) is 11.8 Å². The molecule has 182 valence electrons. The summed E-state index contributed by atoms with van der Waals surface area (Å²) >= 11 is 45.1. The van der Waals surface area contributed by atoms with Gasteiger partial charge in [0.25, 0.3) is 5.91 Å². The van der Waals surface area contributed by atoms with Crippen LogP contribution in [0.5, 0.6) is 0 Å². The van der Waals surface area contributed by atoms with Crippen LogP contribution in [0.3, 0.4) is 0 Å². The van der Waals surface area contributed by atoms with Gasteiger partial charge in [-0.3, -0.25) is 14.4 Å². The predicted octanol–water partition coefficient (Wildman–Crippen LogP) is 6.85. The number of nitrogens with zero attached hydrogens (tertiary/aromatic N) is 1. The van der Waals surface area contributed by atoms with Gasteiger partial charge in [0.1, 0.15) is 9.75 Å². The van der Waals surface area contributed by atoms with Crippen LogP contribution in [0.25, 0.3) is 0 Å². The molecule has 1 saturated carbocycles. The Labute approximate surface area is 235 Å². The molecule has 3 amide bonds. The standard InChI is InChI=1S/C23H13Cl7N2O3/c1-9-2-5-11(24)8-13(9)31-18(33)10-3-6-12(7-4-10)32-19(34)14-15(20(32)35)22(28)17(26)16(25)21(14,27)23(22,29)30/h2-8,14-15H,1H3,(H,31,33)/t14-,15+,21-,22-/m1/s1. The molecule has 4 atom stereocenters. The van der Waals surface area contributed by atoms with Crippen molar-refractivity contribution in [1.82, 2.24) is 0 Å². The van der Waals surface area contributed by atoms with E-state index in [0.717, 1.165) is 10.5 Å². The number of aryl methyl sites for hydroxylation is 1. The summed E-state index contributed by atoms with van der Waals surface area (Å²) in [6.07, 6.45) is 0. The highest BCUT2D eigenvalue weighted by molar-refractivity contribution is 6.67. The summed E-state index contributed by atoms with van der Waals surface area (Å²) in [6.45, 7) is 1.83. The van der Waals surface area contributed by atoms with E-state index in [0.29, 0.717) is 16.3 Å². The second-order valence-electron chi connectivity index (χ2n) is 8.55. The Morgan fingerprint density at radius 2 is 1.37 bits per heavy atom. The Hall–Kier alpha value is -1.18. The third-order valence-electron chi connectivity index (χ3n) is 6.74. The number of rotatable bonds is 3. The average Bonchev–Trinajstić information content (AvgIpc) is 3.20. The number of halogens is 7. The number of allylic oxidation sites excluding steroid dienone is 2. The minimum atomic E-state index is -2.00. The molecule has 2 aromatic rings. The van der Waals surface area contributed by atoms with Crippen LogP contribution < -0.4 is 10.2 Å². The van der Waals surface area contributed by atoms with Gasteiger partial charge in [0.05, 0.1) is 27.6 Å². The van der Waals surface area contributed by atoms with E-state index in [1.807, 2.05) is 6.92 Å². The van der Waals surface area contributed by atoms with Crippen molar-refractivity contribution >= 4 is 110 Å². The number of carbonyl (C=O) groups is 3. The fourth-order valence-electron chi connectivity index (χ4n) is 4.93. The van der Waals surface area contributed by atoms with Gasteiger partial charge in [-0.25, -0.2) is 4.90 Å². The number of carbonyl (C=O) groups excluding carboxylic acids is 3. The van der Waals surface area contributed by atoms with Crippen LogP contribution in [0.1, 0.15) is 15.9 Å². The SMILES string of the molecule is Cc1ccc(Cl)cc1NC(=O)c1ccc(N2C(=O)[C@@H]3[C@H](C2=O)[C@@]2(Cl)C(Cl)=C(Cl)[C@@]3(Cl)C2(Cl)Cl)cc1. The lowest BCUT2D eigenvalue weighted by Crippen LogP contribution is -2.50. The first-order chi connectivity index (χ1) is 16.3. The summed E-state index contributed by atoms with van der Waals surface area (Å²) in [4.78, 5) is 36.8. The first-order valence-corrected chi connectivity index (χ1v) is 12.8. The lowest BCUT2D eigenvalue weighted by Gasteiger charge is -2.34. The molecule has 1 aliphatic heterocycles. The van der Waals surface area contributed by atoms with Crippen LogP contribution in [0.15, 0.2) is 52.5 Å². The topological polar surface area (TPSA) is 66.5 Å². The van der Waals surface area contributed by atoms with Crippen LogP contribution >= 0.6 is 81.2 Å². The number of amides is 3. The van der Waals surface area contributed by atoms with E-state index >= 15 is 0 Å². The number of alkyl halides is 4. The van der Waals surface area contributed by atoms with Crippen molar-refractivity contribution in [2.75, 3.05) is 10.2 Å². The molecule has 5 nitrogen and oxygen atoms in total. The van der Waals surface area contributed by atoms with Gasteiger partial charge >= 0.3 is 0 Å². The third kappa shape index (κ3) is 3.13. The normalized spacial score (nSPS) is 30.8. The molecule has 35 heavy (non-hydrogen) atoms. The molecule has 5 rings (SSSR count). The second kappa shape index (κ2) is 8.16. The molecule has 0 aromatic heterocycles. The summed E-state index contributed by atoms with van der Waals surface area (Å²) in [5, 5.41) is 2.95. The largest absolute Gasteiger partial charge is 0.322 e. The summed E-state index contributed by atoms with van der Waals surface area (Å²) in [6, 6.07) is 11.0. The molecule has 12 heteroatoms. The van der Waals surface area contributed by atoms with Crippen LogP contribution in [0, 0.1) is 18.8 Å². The molecule has 1 N–H and O–H groups in total. The first kappa shape index (κ1) is 25.5. The van der Waals surface area contributed by atoms with Gasteiger partial charge in [-0.15, -0.1) is 23.2 Å². The van der Waals surface area contributed by atoms with Crippen LogP contribution in [0.2, 0.25) is 5.02 Å². The molecule has 2 fully saturated rings. The fourth-order valence-corrected chi connectivity index (χ4v) is 8.04. The van der Waals surface area contributed by atoms with Gasteiger partial charge in [0.15, 0.2) is 4.33 Å². The first-order valence-electron chi connectivity index (χ1n) is 10.2. The number of imide groups is 1. The van der Waals surface area contributed by atoms with Gasteiger partial charge in [-0.2, -0.15) is 0 Å². The lowest BCUT2D eigenvalue weighted by molar-refractivity contribution is -0.123. The molecule has 0 unspecified atom stereocenters. The minimum Gasteiger partial charge on any atom is -0.322 e. The van der Waals surface area contributed by atoms with Crippen molar-refractivity contribution in [1.29, 1.82) is 0 Å². The summed E-state index contributed by atoms with van der Waals surface area (Å²) < 4.78 is -2.00. The fraction of sp³-hybridized carbons (Fsp3) is 0.261. The summed E-state index contributed by atoms with van der Waals surface area (Å²) in [5.74, 6) is -4.19. The number of nitrogens with one attached hydrogen (secondary N) is 1. The molecule has 2 aromatic carbocycles. The molecule has 1 saturated heterocycles. The van der Waals surface area contributed by atoms with Crippen molar-refractivity contribution in [3.05, 3.63) is 68.7 Å². The zero-order valence-electron chi connectivity index (χ0n) is 17.5. The summed E-state index contributed by atoms with van der Waals surface area (Å²) in [5.41, 5.74) is 1.90. The predicted molar refractivity (Wildman–Crippen MR) is 140 cm³/mol. The smallest absolute Gasteiger partial charge is 0.255 e. The minimum absolute atomic E-state index is 0.159. The highest BCUT2D eigenvalue weighted by Crippen LogP contribution is 2.77. The van der Waals surface area contributed by atoms with E-state index in [1.54, 1.807) is 18.2 Å². The number of fused-ring (bicyclic) bond motifs is 5. The third-order valence-corrected chi connectivity index (χ3v) is 11.2. The van der Waals surface area contributed by atoms with E-state index in [-0.39, 0.29) is 15.8 Å². The molecule has 0 spiro atoms. The van der Waals surface area contributed by atoms with Crippen molar-refractivity contribution in [3.8, 4) is 0 Å². The maximum Gasteiger partial charge on any atom is 0.255 e. The van der Waals surface area contributed by atoms with E-state index in [2.05, 4.69) is 5.32 Å². The number of hydrogen-bond donors (Lipinski definition) is 1. The summed E-state index contributed by atoms with van der Waals surface area (Å²) in [7, 11) is 0. The van der Waals surface area contributed by atoms with E-state index < -0.39 is 43.6 Å². The van der Waals surface area contributed by atoms with Gasteiger partial charge in [-0.05, 0) is 48.9 Å². The number of hydrogen-bond acceptors (Lipinski definition) is 3. The zero-order chi connectivity index (χ0) is 25.7. The van der Waals surface area contributed by atoms with Crippen LogP contribution in [0.4, 0.5) is 11.4 Å². The van der Waals surface area contributed by atoms with Crippen LogP contribution in [-0.4, -0.2) is 31.8 Å². The average molecular weight is 614 g/mol. The van der Waals surface area contributed by atoms with Gasteiger partial charge in [-0.1, -0.05) is 64.1 Å². The zero-order valence-corrected chi connectivity index (χ0v) is 22.8. The number of anilines is 2. The molecule has 3 aliphatic rings. The molecular formula is C23H13Cl7N2O3. The molecule has 0 radical (unpaired) electrons. The maximum atomic E-state index is 13.4. The highest BCUT2D eigenvalue weighted by atomic mass is 35.5. The Kier molecular flexibility index (Phi) is 5.94. The van der Waals surface area contributed by atoms with E-state index in [9.17, 15) is 14.4 Å². The Balaban J connectivity index is 1.44. The number of benzene rings is 2. The van der Waals surface area contributed by atoms with Crippen molar-refractivity contribution in [2.45, 2.75) is 21.0 Å². The van der Waals surface area contributed by atoms with Crippen molar-refractivity contribution < 1.29 is 14.4 Å². The molecule has 1 heterocycles. The second-order valence-corrected chi connectivity index (χ2v) is 12.3. The Morgan fingerprint density at radius 3 is 1.89 bits per heavy atom. The van der Waals surface area contributed by atoms with E-state index in [4.69, 9.17) is 81.2 Å². The Morgan fingerprint density at radius 1 is 0.857 bits per heavy atom. The van der Waals surface area contributed by atoms with Gasteiger partial charge in [0, 0.05) is 16.3 Å². The van der Waals surface area contributed by atoms with Gasteiger partial charge < -0.3 is 5.32 Å². The highest BCUT2D eigenvalue weighted by Gasteiger charge is 2.87. The lowest BCUT2D eigenvalue weighted by atomic mass is 9.84. The monoisotopic (exact) mass is 610 g/mol. The van der Waals surface area contributed by atoms with Crippen LogP contribution in [-0.2, 0) is 9.59 Å². The van der Waals surface area contributed by atoms with E-state index in [1.165, 1.54) is 24.3 Å². The molecule has 2 bridgehead atoms. The molecular weight excluding hydrogens is 600 g/mol. The quantitative estimate of drug-likeness (QED) is 0.304. The van der Waals surface area contributed by atoms with Crippen molar-refractivity contribution in [3.63, 3.8) is 0 Å². The molecule has 2 aliphatic carbocycles.